The van der Waals surface area contributed by atoms with Crippen LogP contribution >= 0.6 is 0 Å². The fourth-order valence-electron chi connectivity index (χ4n) is 0.705. The lowest BCUT2D eigenvalue weighted by Gasteiger charge is -1.99. The van der Waals surface area contributed by atoms with E-state index in [2.05, 4.69) is 11.9 Å². The highest BCUT2D eigenvalue weighted by Gasteiger charge is 2.04. The number of esters is 1. The van der Waals surface area contributed by atoms with E-state index in [1.807, 2.05) is 0 Å². The molecule has 0 rings (SSSR count). The van der Waals surface area contributed by atoms with Gasteiger partial charge in [0.2, 0.25) is 0 Å². The van der Waals surface area contributed by atoms with Gasteiger partial charge < -0.3 is 4.74 Å². The average molecular weight is 171 g/mol. The van der Waals surface area contributed by atoms with Crippen molar-refractivity contribution in [2.75, 3.05) is 13.2 Å². The third kappa shape index (κ3) is 4.88. The molecule has 12 heavy (non-hydrogen) atoms. The number of aliphatic imine (C=N–C) groups is 1. The molecule has 0 amide bonds. The Balaban J connectivity index is 3.74. The third-order valence-electron chi connectivity index (χ3n) is 1.43. The molecule has 0 spiro atoms. The van der Waals surface area contributed by atoms with Gasteiger partial charge in [0.1, 0.15) is 5.71 Å². The van der Waals surface area contributed by atoms with E-state index in [9.17, 15) is 4.79 Å². The van der Waals surface area contributed by atoms with E-state index in [0.29, 0.717) is 12.3 Å². The Morgan fingerprint density at radius 1 is 1.42 bits per heavy atom. The predicted molar refractivity (Wildman–Crippen MR) is 49.5 cm³/mol. The van der Waals surface area contributed by atoms with Gasteiger partial charge in [-0.25, -0.2) is 4.79 Å². The number of ether oxygens (including phenoxy) is 1. The number of nitrogens with zero attached hydrogens (tertiary/aromatic N) is 1. The topological polar surface area (TPSA) is 38.7 Å². The molecule has 0 aromatic rings. The Hall–Kier alpha value is -0.860. The van der Waals surface area contributed by atoms with Crippen LogP contribution in [-0.4, -0.2) is 24.8 Å². The van der Waals surface area contributed by atoms with E-state index < -0.39 is 0 Å². The third-order valence-corrected chi connectivity index (χ3v) is 1.43. The first kappa shape index (κ1) is 11.1. The van der Waals surface area contributed by atoms with Crippen LogP contribution in [-0.2, 0) is 9.53 Å². The van der Waals surface area contributed by atoms with E-state index in [-0.39, 0.29) is 5.97 Å². The zero-order chi connectivity index (χ0) is 9.40. The minimum absolute atomic E-state index is 0.298. The van der Waals surface area contributed by atoms with Gasteiger partial charge in [-0.2, -0.15) is 0 Å². The van der Waals surface area contributed by atoms with Crippen LogP contribution < -0.4 is 0 Å². The molecule has 0 aliphatic carbocycles. The number of unbranched alkanes of at least 4 members (excludes halogenated alkanes) is 1. The number of hydrogen-bond acceptors (Lipinski definition) is 3. The van der Waals surface area contributed by atoms with Crippen molar-refractivity contribution in [1.29, 1.82) is 0 Å². The summed E-state index contributed by atoms with van der Waals surface area (Å²) >= 11 is 0. The quantitative estimate of drug-likeness (QED) is 0.359. The number of carbonyl (C=O) groups excluding carboxylic acids is 1. The zero-order valence-corrected chi connectivity index (χ0v) is 8.09. The van der Waals surface area contributed by atoms with Gasteiger partial charge in [0.15, 0.2) is 0 Å². The molecule has 70 valence electrons. The highest BCUT2D eigenvalue weighted by Crippen LogP contribution is 1.90. The molecule has 0 N–H and O–H groups in total. The fourth-order valence-corrected chi connectivity index (χ4v) is 0.705. The Kier molecular flexibility index (Phi) is 6.34. The maximum Gasteiger partial charge on any atom is 0.351 e. The smallest absolute Gasteiger partial charge is 0.351 e. The lowest BCUT2D eigenvalue weighted by Crippen LogP contribution is -2.14. The van der Waals surface area contributed by atoms with Crippen molar-refractivity contribution in [2.45, 2.75) is 33.6 Å². The largest absolute Gasteiger partial charge is 0.462 e. The maximum absolute atomic E-state index is 11.0. The average Bonchev–Trinajstić information content (AvgIpc) is 2.05. The van der Waals surface area contributed by atoms with Crippen molar-refractivity contribution in [1.82, 2.24) is 0 Å². The second-order valence-corrected chi connectivity index (χ2v) is 2.54. The molecule has 3 nitrogen and oxygen atoms in total. The molecule has 0 aliphatic rings. The summed E-state index contributed by atoms with van der Waals surface area (Å²) in [6.07, 6.45) is 2.12. The summed E-state index contributed by atoms with van der Waals surface area (Å²) in [6.45, 7) is 6.71. The van der Waals surface area contributed by atoms with Crippen molar-refractivity contribution in [2.24, 2.45) is 4.99 Å². The van der Waals surface area contributed by atoms with Crippen LogP contribution in [0.15, 0.2) is 4.99 Å². The van der Waals surface area contributed by atoms with Crippen molar-refractivity contribution in [3.63, 3.8) is 0 Å². The molecule has 0 unspecified atom stereocenters. The van der Waals surface area contributed by atoms with Gasteiger partial charge in [0, 0.05) is 6.54 Å². The van der Waals surface area contributed by atoms with E-state index in [1.54, 1.807) is 13.8 Å². The predicted octanol–water partition coefficient (Wildman–Crippen LogP) is 1.81. The molecule has 0 bridgehead atoms. The molecule has 0 heterocycles. The second kappa shape index (κ2) is 6.83. The summed E-state index contributed by atoms with van der Waals surface area (Å²) in [5.74, 6) is -0.298. The van der Waals surface area contributed by atoms with E-state index in [1.165, 1.54) is 0 Å². The van der Waals surface area contributed by atoms with E-state index in [4.69, 9.17) is 4.74 Å². The Morgan fingerprint density at radius 3 is 2.58 bits per heavy atom. The minimum atomic E-state index is -0.298. The second-order valence-electron chi connectivity index (χ2n) is 2.54. The molecule has 0 aromatic heterocycles. The van der Waals surface area contributed by atoms with Crippen molar-refractivity contribution >= 4 is 11.7 Å². The SMILES string of the molecule is CCCCN=C(C)C(=O)OCC. The zero-order valence-electron chi connectivity index (χ0n) is 8.09. The Bertz CT molecular complexity index is 164. The van der Waals surface area contributed by atoms with Gasteiger partial charge in [-0.15, -0.1) is 0 Å². The molecule has 3 heteroatoms. The Labute approximate surface area is 73.8 Å². The van der Waals surface area contributed by atoms with Crippen LogP contribution in [0.4, 0.5) is 0 Å². The van der Waals surface area contributed by atoms with Gasteiger partial charge in [-0.3, -0.25) is 4.99 Å². The molecule has 0 aliphatic heterocycles. The molecular weight excluding hydrogens is 154 g/mol. The first-order valence-electron chi connectivity index (χ1n) is 4.40. The van der Waals surface area contributed by atoms with E-state index >= 15 is 0 Å². The molecule has 0 saturated carbocycles. The Morgan fingerprint density at radius 2 is 2.08 bits per heavy atom. The lowest BCUT2D eigenvalue weighted by atomic mass is 10.3. The van der Waals surface area contributed by atoms with Crippen LogP contribution in [0.3, 0.4) is 0 Å². The highest BCUT2D eigenvalue weighted by molar-refractivity contribution is 6.35. The number of carbonyl (C=O) groups is 1. The van der Waals surface area contributed by atoms with Gasteiger partial charge >= 0.3 is 5.97 Å². The lowest BCUT2D eigenvalue weighted by molar-refractivity contribution is -0.135. The summed E-state index contributed by atoms with van der Waals surface area (Å²) in [6, 6.07) is 0. The monoisotopic (exact) mass is 171 g/mol. The van der Waals surface area contributed by atoms with Crippen LogP contribution in [0.1, 0.15) is 33.6 Å². The normalized spacial score (nSPS) is 11.4. The van der Waals surface area contributed by atoms with Crippen LogP contribution in [0, 0.1) is 0 Å². The number of rotatable bonds is 5. The molecule has 0 radical (unpaired) electrons. The fraction of sp³-hybridized carbons (Fsp3) is 0.778. The van der Waals surface area contributed by atoms with Gasteiger partial charge in [0.25, 0.3) is 0 Å². The summed E-state index contributed by atoms with van der Waals surface area (Å²) in [4.78, 5) is 15.1. The van der Waals surface area contributed by atoms with Gasteiger partial charge in [0.05, 0.1) is 6.61 Å². The van der Waals surface area contributed by atoms with Gasteiger partial charge in [-0.05, 0) is 20.3 Å². The molecular formula is C9H17NO2. The highest BCUT2D eigenvalue weighted by atomic mass is 16.5. The molecule has 0 atom stereocenters. The van der Waals surface area contributed by atoms with Gasteiger partial charge in [-0.1, -0.05) is 13.3 Å². The summed E-state index contributed by atoms with van der Waals surface area (Å²) in [5, 5.41) is 0. The summed E-state index contributed by atoms with van der Waals surface area (Å²) in [7, 11) is 0. The minimum Gasteiger partial charge on any atom is -0.462 e. The van der Waals surface area contributed by atoms with Crippen molar-refractivity contribution < 1.29 is 9.53 Å². The summed E-state index contributed by atoms with van der Waals surface area (Å²) < 4.78 is 4.76. The number of hydrogen-bond donors (Lipinski definition) is 0. The van der Waals surface area contributed by atoms with E-state index in [0.717, 1.165) is 19.4 Å². The molecule has 0 aromatic carbocycles. The van der Waals surface area contributed by atoms with Crippen LogP contribution in [0.5, 0.6) is 0 Å². The first-order valence-corrected chi connectivity index (χ1v) is 4.40. The summed E-state index contributed by atoms with van der Waals surface area (Å²) in [5.41, 5.74) is 0.477. The molecule has 0 saturated heterocycles. The van der Waals surface area contributed by atoms with Crippen molar-refractivity contribution in [3.05, 3.63) is 0 Å². The van der Waals surface area contributed by atoms with Crippen LogP contribution in [0.25, 0.3) is 0 Å². The van der Waals surface area contributed by atoms with Crippen molar-refractivity contribution in [3.8, 4) is 0 Å². The maximum atomic E-state index is 11.0. The van der Waals surface area contributed by atoms with Crippen LogP contribution in [0.2, 0.25) is 0 Å². The molecule has 0 fully saturated rings. The first-order chi connectivity index (χ1) is 5.72. The standard InChI is InChI=1S/C9H17NO2/c1-4-6-7-10-8(3)9(11)12-5-2/h4-7H2,1-3H3.